The van der Waals surface area contributed by atoms with Crippen molar-refractivity contribution in [2.45, 2.75) is 19.1 Å². The molecule has 0 bridgehead atoms. The van der Waals surface area contributed by atoms with E-state index in [0.29, 0.717) is 5.82 Å². The van der Waals surface area contributed by atoms with Crippen molar-refractivity contribution in [3.05, 3.63) is 12.2 Å². The Hall–Kier alpha value is -0.790. The summed E-state index contributed by atoms with van der Waals surface area (Å²) >= 11 is 0. The van der Waals surface area contributed by atoms with E-state index in [9.17, 15) is 0 Å². The van der Waals surface area contributed by atoms with E-state index in [1.807, 2.05) is 0 Å². The lowest BCUT2D eigenvalue weighted by atomic mass is 10.2. The standard InChI is InChI=1S/C5H10N4O.H3O3P/c1-3(10)4(6)5-7-2-8-9-5;1-4(2)3/h2-4,10H,6H2,1H3,(H,7,8,9);4H,(H2,1,2,3). The molecule has 8 nitrogen and oxygen atoms in total. The molecular weight excluding hydrogens is 211 g/mol. The van der Waals surface area contributed by atoms with Crippen molar-refractivity contribution in [3.63, 3.8) is 0 Å². The number of hydrogen-bond donors (Lipinski definition) is 5. The minimum Gasteiger partial charge on any atom is -0.391 e. The van der Waals surface area contributed by atoms with Gasteiger partial charge in [0.1, 0.15) is 6.33 Å². The van der Waals surface area contributed by atoms with Crippen molar-refractivity contribution >= 4 is 8.25 Å². The molecular formula is C5H13N4O4P. The summed E-state index contributed by atoms with van der Waals surface area (Å²) in [5, 5.41) is 15.2. The lowest BCUT2D eigenvalue weighted by molar-refractivity contribution is 0.160. The number of aromatic nitrogens is 3. The van der Waals surface area contributed by atoms with Crippen LogP contribution in [0.1, 0.15) is 18.8 Å². The maximum Gasteiger partial charge on any atom is 0.314 e. The van der Waals surface area contributed by atoms with Gasteiger partial charge in [-0.2, -0.15) is 5.10 Å². The van der Waals surface area contributed by atoms with Gasteiger partial charge in [0, 0.05) is 0 Å². The van der Waals surface area contributed by atoms with Crippen LogP contribution in [-0.4, -0.2) is 36.2 Å². The molecule has 0 aliphatic carbocycles. The van der Waals surface area contributed by atoms with Crippen molar-refractivity contribution in [3.8, 4) is 0 Å². The number of aliphatic hydroxyl groups excluding tert-OH is 1. The third kappa shape index (κ3) is 5.79. The third-order valence-corrected chi connectivity index (χ3v) is 1.25. The van der Waals surface area contributed by atoms with Crippen LogP contribution in [0.4, 0.5) is 0 Å². The number of rotatable bonds is 2. The molecule has 2 unspecified atom stereocenters. The number of nitrogens with one attached hydrogen (secondary N) is 1. The number of H-pyrrole nitrogens is 1. The minimum absolute atomic E-state index is 0.440. The Kier molecular flexibility index (Phi) is 6.26. The Labute approximate surface area is 80.7 Å². The summed E-state index contributed by atoms with van der Waals surface area (Å²) in [5.41, 5.74) is 5.49. The molecule has 2 atom stereocenters. The molecule has 1 rings (SSSR count). The van der Waals surface area contributed by atoms with Crippen molar-refractivity contribution < 1.29 is 19.5 Å². The second-order valence-electron chi connectivity index (χ2n) is 2.41. The van der Waals surface area contributed by atoms with E-state index in [2.05, 4.69) is 15.2 Å². The van der Waals surface area contributed by atoms with Crippen LogP contribution in [0, 0.1) is 0 Å². The molecule has 0 aliphatic heterocycles. The van der Waals surface area contributed by atoms with Crippen LogP contribution in [-0.2, 0) is 4.57 Å². The number of hydrogen-bond acceptors (Lipinski definition) is 5. The fourth-order valence-corrected chi connectivity index (χ4v) is 0.595. The van der Waals surface area contributed by atoms with Crippen LogP contribution < -0.4 is 5.73 Å². The lowest BCUT2D eigenvalue weighted by Gasteiger charge is -2.09. The first kappa shape index (κ1) is 13.2. The summed E-state index contributed by atoms with van der Waals surface area (Å²) in [6, 6.07) is -0.494. The van der Waals surface area contributed by atoms with Crippen LogP contribution in [0.5, 0.6) is 0 Å². The molecule has 1 aromatic heterocycles. The summed E-state index contributed by atoms with van der Waals surface area (Å²) in [6.07, 6.45) is 0.813. The fraction of sp³-hybridized carbons (Fsp3) is 0.600. The highest BCUT2D eigenvalue weighted by molar-refractivity contribution is 7.30. The van der Waals surface area contributed by atoms with Crippen LogP contribution in [0.2, 0.25) is 0 Å². The summed E-state index contributed by atoms with van der Waals surface area (Å²) < 4.78 is 8.74. The average molecular weight is 224 g/mol. The number of nitrogens with zero attached hydrogens (tertiary/aromatic N) is 2. The van der Waals surface area contributed by atoms with Crippen molar-refractivity contribution in [1.29, 1.82) is 0 Å². The molecule has 14 heavy (non-hydrogen) atoms. The van der Waals surface area contributed by atoms with Gasteiger partial charge in [0.05, 0.1) is 12.1 Å². The van der Waals surface area contributed by atoms with Gasteiger partial charge in [0.2, 0.25) is 0 Å². The van der Waals surface area contributed by atoms with Gasteiger partial charge in [-0.05, 0) is 6.92 Å². The van der Waals surface area contributed by atoms with E-state index in [-0.39, 0.29) is 0 Å². The Morgan fingerprint density at radius 3 is 2.43 bits per heavy atom. The van der Waals surface area contributed by atoms with Gasteiger partial charge in [-0.1, -0.05) is 0 Å². The Bertz CT molecular complexity index is 261. The van der Waals surface area contributed by atoms with Gasteiger partial charge in [-0.25, -0.2) is 4.98 Å². The molecule has 1 heterocycles. The number of nitrogens with two attached hydrogens (primary N) is 1. The highest BCUT2D eigenvalue weighted by Crippen LogP contribution is 2.05. The monoisotopic (exact) mass is 224 g/mol. The first-order chi connectivity index (χ1) is 6.45. The van der Waals surface area contributed by atoms with E-state index in [0.717, 1.165) is 0 Å². The Morgan fingerprint density at radius 1 is 1.64 bits per heavy atom. The summed E-state index contributed by atoms with van der Waals surface area (Å²) in [7, 11) is -3.13. The van der Waals surface area contributed by atoms with Crippen LogP contribution in [0.25, 0.3) is 0 Å². The smallest absolute Gasteiger partial charge is 0.314 e. The third-order valence-electron chi connectivity index (χ3n) is 1.25. The summed E-state index contributed by atoms with van der Waals surface area (Å²) in [6.45, 7) is 1.60. The molecule has 0 saturated carbocycles. The van der Waals surface area contributed by atoms with Gasteiger partial charge in [0.15, 0.2) is 5.82 Å². The van der Waals surface area contributed by atoms with E-state index in [1.165, 1.54) is 6.33 Å². The quantitative estimate of drug-likeness (QED) is 0.386. The van der Waals surface area contributed by atoms with Gasteiger partial charge >= 0.3 is 8.25 Å². The maximum atomic E-state index is 8.97. The van der Waals surface area contributed by atoms with E-state index in [4.69, 9.17) is 25.2 Å². The van der Waals surface area contributed by atoms with Gasteiger partial charge in [0.25, 0.3) is 0 Å². The van der Waals surface area contributed by atoms with Crippen LogP contribution >= 0.6 is 8.25 Å². The predicted octanol–water partition coefficient (Wildman–Crippen LogP) is -1.45. The highest BCUT2D eigenvalue weighted by atomic mass is 31.1. The molecule has 0 radical (unpaired) electrons. The van der Waals surface area contributed by atoms with Gasteiger partial charge < -0.3 is 20.6 Å². The normalized spacial score (nSPS) is 14.4. The van der Waals surface area contributed by atoms with Crippen LogP contribution in [0.3, 0.4) is 0 Å². The van der Waals surface area contributed by atoms with Crippen LogP contribution in [0.15, 0.2) is 6.33 Å². The highest BCUT2D eigenvalue weighted by Gasteiger charge is 2.14. The molecule has 1 aromatic rings. The molecule has 9 heteroatoms. The fourth-order valence-electron chi connectivity index (χ4n) is 0.595. The molecule has 0 fully saturated rings. The topological polar surface area (TPSA) is 145 Å². The lowest BCUT2D eigenvalue weighted by Crippen LogP contribution is -2.24. The zero-order valence-electron chi connectivity index (χ0n) is 7.45. The Morgan fingerprint density at radius 2 is 2.14 bits per heavy atom. The van der Waals surface area contributed by atoms with E-state index < -0.39 is 20.4 Å². The molecule has 6 N–H and O–H groups in total. The average Bonchev–Trinajstić information content (AvgIpc) is 2.53. The molecule has 0 aromatic carbocycles. The van der Waals surface area contributed by atoms with Crippen molar-refractivity contribution in [1.82, 2.24) is 15.2 Å². The first-order valence-corrected chi connectivity index (χ1v) is 4.96. The van der Waals surface area contributed by atoms with E-state index >= 15 is 0 Å². The zero-order chi connectivity index (χ0) is 11.1. The maximum absolute atomic E-state index is 8.97. The molecule has 0 amide bonds. The Balaban J connectivity index is 0.000000364. The summed E-state index contributed by atoms with van der Waals surface area (Å²) in [4.78, 5) is 18.1. The first-order valence-electron chi connectivity index (χ1n) is 3.66. The number of aliphatic hydroxyl groups is 1. The molecule has 0 aliphatic rings. The van der Waals surface area contributed by atoms with Crippen molar-refractivity contribution in [2.75, 3.05) is 0 Å². The van der Waals surface area contributed by atoms with Gasteiger partial charge in [-0.15, -0.1) is 0 Å². The van der Waals surface area contributed by atoms with E-state index in [1.54, 1.807) is 6.92 Å². The zero-order valence-corrected chi connectivity index (χ0v) is 8.45. The predicted molar refractivity (Wildman–Crippen MR) is 48.4 cm³/mol. The summed E-state index contributed by atoms with van der Waals surface area (Å²) in [5.74, 6) is 0.440. The minimum atomic E-state index is -3.13. The second kappa shape index (κ2) is 6.63. The second-order valence-corrected chi connectivity index (χ2v) is 2.97. The SMILES string of the molecule is CC(O)C(N)c1nc[nH]n1.O=[PH](O)O. The largest absolute Gasteiger partial charge is 0.391 e. The molecule has 0 spiro atoms. The molecule has 82 valence electrons. The number of aromatic amines is 1. The van der Waals surface area contributed by atoms with Gasteiger partial charge in [-0.3, -0.25) is 9.66 Å². The molecule has 0 saturated heterocycles. The van der Waals surface area contributed by atoms with Crippen molar-refractivity contribution in [2.24, 2.45) is 5.73 Å².